The number of nitrogens with one attached hydrogen (secondary N) is 2. The molecular weight excluding hydrogens is 306 g/mol. The number of carbonyl (C=O) groups is 2. The molecule has 0 bridgehead atoms. The monoisotopic (exact) mass is 329 g/mol. The average molecular weight is 329 g/mol. The summed E-state index contributed by atoms with van der Waals surface area (Å²) in [5.41, 5.74) is 2.30. The van der Waals surface area contributed by atoms with Crippen LogP contribution in [-0.2, 0) is 14.9 Å². The van der Waals surface area contributed by atoms with Crippen molar-refractivity contribution < 1.29 is 14.3 Å². The Morgan fingerprint density at radius 3 is 2.67 bits per heavy atom. The van der Waals surface area contributed by atoms with E-state index < -0.39 is 5.41 Å². The van der Waals surface area contributed by atoms with Gasteiger partial charge in [0.1, 0.15) is 0 Å². The topological polar surface area (TPSA) is 70.7 Å². The van der Waals surface area contributed by atoms with Crippen LogP contribution < -0.4 is 10.6 Å². The highest BCUT2D eigenvalue weighted by atomic mass is 16.5. The normalized spacial score (nSPS) is 22.2. The van der Waals surface area contributed by atoms with E-state index in [1.807, 2.05) is 18.2 Å². The number of anilines is 2. The van der Waals surface area contributed by atoms with Crippen LogP contribution in [0, 0.1) is 0 Å². The molecule has 2 N–H and O–H groups in total. The van der Waals surface area contributed by atoms with Gasteiger partial charge >= 0.3 is 6.03 Å². The molecule has 6 nitrogen and oxygen atoms in total. The number of morpholine rings is 1. The largest absolute Gasteiger partial charge is 0.378 e. The molecule has 1 aromatic rings. The third-order valence-corrected chi connectivity index (χ3v) is 5.47. The number of nitrogens with zero attached hydrogens (tertiary/aromatic N) is 1. The van der Waals surface area contributed by atoms with Crippen LogP contribution in [0.4, 0.5) is 16.2 Å². The molecule has 1 aliphatic carbocycles. The average Bonchev–Trinajstić information content (AvgIpc) is 2.88. The summed E-state index contributed by atoms with van der Waals surface area (Å²) >= 11 is 0. The van der Waals surface area contributed by atoms with Crippen molar-refractivity contribution in [1.82, 2.24) is 4.90 Å². The lowest BCUT2D eigenvalue weighted by atomic mass is 9.70. The van der Waals surface area contributed by atoms with E-state index in [-0.39, 0.29) is 11.9 Å². The minimum Gasteiger partial charge on any atom is -0.378 e. The van der Waals surface area contributed by atoms with Crippen LogP contribution in [0.25, 0.3) is 0 Å². The summed E-state index contributed by atoms with van der Waals surface area (Å²) in [6, 6.07) is 5.65. The number of ether oxygens (including phenoxy) is 1. The van der Waals surface area contributed by atoms with E-state index in [4.69, 9.17) is 4.74 Å². The van der Waals surface area contributed by atoms with Gasteiger partial charge in [0.25, 0.3) is 0 Å². The number of benzene rings is 1. The van der Waals surface area contributed by atoms with Crippen molar-refractivity contribution in [2.75, 3.05) is 36.9 Å². The molecule has 4 rings (SSSR count). The first-order valence-corrected chi connectivity index (χ1v) is 8.79. The SMILES string of the molecule is O=C(Nc1ccc2c(c1)C1(CCCCC1)C(=O)N2)N1CCOCC1. The Morgan fingerprint density at radius 2 is 1.92 bits per heavy atom. The van der Waals surface area contributed by atoms with E-state index in [2.05, 4.69) is 10.6 Å². The summed E-state index contributed by atoms with van der Waals surface area (Å²) in [5.74, 6) is 0.119. The third kappa shape index (κ3) is 2.55. The van der Waals surface area contributed by atoms with Crippen LogP contribution in [0.15, 0.2) is 18.2 Å². The predicted molar refractivity (Wildman–Crippen MR) is 91.2 cm³/mol. The Labute approximate surface area is 141 Å². The molecular formula is C18H23N3O3. The summed E-state index contributed by atoms with van der Waals surface area (Å²) in [4.78, 5) is 26.7. The van der Waals surface area contributed by atoms with E-state index in [0.717, 1.165) is 42.6 Å². The molecule has 3 amide bonds. The first-order chi connectivity index (χ1) is 11.7. The van der Waals surface area contributed by atoms with E-state index in [9.17, 15) is 9.59 Å². The summed E-state index contributed by atoms with van der Waals surface area (Å²) in [5, 5.41) is 5.99. The molecule has 128 valence electrons. The minimum absolute atomic E-state index is 0.103. The molecule has 3 aliphatic rings. The molecule has 6 heteroatoms. The molecule has 0 radical (unpaired) electrons. The van der Waals surface area contributed by atoms with Crippen molar-refractivity contribution in [1.29, 1.82) is 0 Å². The van der Waals surface area contributed by atoms with E-state index in [0.29, 0.717) is 26.3 Å². The molecule has 0 aromatic heterocycles. The maximum absolute atomic E-state index is 12.6. The second-order valence-corrected chi connectivity index (χ2v) is 6.89. The van der Waals surface area contributed by atoms with E-state index in [1.54, 1.807) is 4.90 Å². The molecule has 1 aromatic carbocycles. The van der Waals surface area contributed by atoms with Crippen LogP contribution in [0.3, 0.4) is 0 Å². The van der Waals surface area contributed by atoms with Crippen molar-refractivity contribution in [2.45, 2.75) is 37.5 Å². The Kier molecular flexibility index (Phi) is 3.92. The number of amides is 3. The molecule has 1 spiro atoms. The second kappa shape index (κ2) is 6.09. The molecule has 1 saturated heterocycles. The van der Waals surface area contributed by atoms with E-state index in [1.165, 1.54) is 6.42 Å². The predicted octanol–water partition coefficient (Wildman–Crippen LogP) is 2.70. The smallest absolute Gasteiger partial charge is 0.321 e. The Morgan fingerprint density at radius 1 is 1.17 bits per heavy atom. The first kappa shape index (κ1) is 15.4. The van der Waals surface area contributed by atoms with Crippen molar-refractivity contribution in [3.63, 3.8) is 0 Å². The number of hydrogen-bond acceptors (Lipinski definition) is 3. The number of carbonyl (C=O) groups excluding carboxylic acids is 2. The van der Waals surface area contributed by atoms with Gasteiger partial charge in [0.15, 0.2) is 0 Å². The summed E-state index contributed by atoms with van der Waals surface area (Å²) in [6.07, 6.45) is 5.14. The highest BCUT2D eigenvalue weighted by Gasteiger charge is 2.47. The second-order valence-electron chi connectivity index (χ2n) is 6.89. The fourth-order valence-corrected chi connectivity index (χ4v) is 4.11. The zero-order valence-electron chi connectivity index (χ0n) is 13.8. The van der Waals surface area contributed by atoms with Crippen LogP contribution >= 0.6 is 0 Å². The highest BCUT2D eigenvalue weighted by molar-refractivity contribution is 6.07. The molecule has 0 atom stereocenters. The fraction of sp³-hybridized carbons (Fsp3) is 0.556. The van der Waals surface area contributed by atoms with Gasteiger partial charge in [-0.1, -0.05) is 19.3 Å². The Hall–Kier alpha value is -2.08. The maximum atomic E-state index is 12.6. The zero-order chi connectivity index (χ0) is 16.6. The van der Waals surface area contributed by atoms with Gasteiger partial charge in [-0.05, 0) is 36.6 Å². The van der Waals surface area contributed by atoms with Gasteiger partial charge in [-0.2, -0.15) is 0 Å². The lowest BCUT2D eigenvalue weighted by Crippen LogP contribution is -2.43. The van der Waals surface area contributed by atoms with Gasteiger partial charge < -0.3 is 20.3 Å². The summed E-state index contributed by atoms with van der Waals surface area (Å²) < 4.78 is 5.28. The van der Waals surface area contributed by atoms with Crippen LogP contribution in [0.5, 0.6) is 0 Å². The Bertz CT molecular complexity index is 661. The van der Waals surface area contributed by atoms with Crippen molar-refractivity contribution in [2.24, 2.45) is 0 Å². The van der Waals surface area contributed by atoms with Gasteiger partial charge in [-0.25, -0.2) is 4.79 Å². The molecule has 24 heavy (non-hydrogen) atoms. The van der Waals surface area contributed by atoms with Crippen LogP contribution in [-0.4, -0.2) is 43.1 Å². The third-order valence-electron chi connectivity index (χ3n) is 5.47. The first-order valence-electron chi connectivity index (χ1n) is 8.79. The lowest BCUT2D eigenvalue weighted by Gasteiger charge is -2.31. The number of fused-ring (bicyclic) bond motifs is 2. The van der Waals surface area contributed by atoms with Crippen molar-refractivity contribution >= 4 is 23.3 Å². The van der Waals surface area contributed by atoms with Gasteiger partial charge in [-0.3, -0.25) is 4.79 Å². The maximum Gasteiger partial charge on any atom is 0.321 e. The zero-order valence-corrected chi connectivity index (χ0v) is 13.8. The van der Waals surface area contributed by atoms with Crippen LogP contribution in [0.2, 0.25) is 0 Å². The standard InChI is InChI=1S/C18H23N3O3/c22-16-18(6-2-1-3-7-18)14-12-13(4-5-15(14)20-16)19-17(23)21-8-10-24-11-9-21/h4-5,12H,1-3,6-11H2,(H,19,23)(H,20,22). The molecule has 2 aliphatic heterocycles. The molecule has 2 heterocycles. The van der Waals surface area contributed by atoms with Gasteiger partial charge in [0, 0.05) is 24.5 Å². The van der Waals surface area contributed by atoms with Crippen molar-refractivity contribution in [3.05, 3.63) is 23.8 Å². The lowest BCUT2D eigenvalue weighted by molar-refractivity contribution is -0.121. The summed E-state index contributed by atoms with van der Waals surface area (Å²) in [6.45, 7) is 2.39. The van der Waals surface area contributed by atoms with Gasteiger partial charge in [0.05, 0.1) is 18.6 Å². The summed E-state index contributed by atoms with van der Waals surface area (Å²) in [7, 11) is 0. The number of urea groups is 1. The molecule has 2 fully saturated rings. The van der Waals surface area contributed by atoms with Crippen molar-refractivity contribution in [3.8, 4) is 0 Å². The molecule has 1 saturated carbocycles. The fourth-order valence-electron chi connectivity index (χ4n) is 4.11. The highest BCUT2D eigenvalue weighted by Crippen LogP contribution is 2.48. The van der Waals surface area contributed by atoms with Gasteiger partial charge in [0.2, 0.25) is 5.91 Å². The van der Waals surface area contributed by atoms with Crippen LogP contribution in [0.1, 0.15) is 37.7 Å². The Balaban J connectivity index is 1.57. The quantitative estimate of drug-likeness (QED) is 0.832. The van der Waals surface area contributed by atoms with E-state index >= 15 is 0 Å². The minimum atomic E-state index is -0.396. The molecule has 0 unspecified atom stereocenters. The number of hydrogen-bond donors (Lipinski definition) is 2. The van der Waals surface area contributed by atoms with Gasteiger partial charge in [-0.15, -0.1) is 0 Å². The number of rotatable bonds is 1.